The predicted molar refractivity (Wildman–Crippen MR) is 116 cm³/mol. The molecule has 0 radical (unpaired) electrons. The number of sulfonamides is 1. The maximum absolute atomic E-state index is 12.4. The third kappa shape index (κ3) is 7.50. The van der Waals surface area contributed by atoms with Gasteiger partial charge in [0.15, 0.2) is 0 Å². The number of hydrogen-bond acceptors (Lipinski definition) is 5. The Kier molecular flexibility index (Phi) is 8.29. The van der Waals surface area contributed by atoms with E-state index in [1.54, 1.807) is 36.4 Å². The van der Waals surface area contributed by atoms with Crippen LogP contribution in [-0.2, 0) is 26.0 Å². The Balaban J connectivity index is 1.82. The van der Waals surface area contributed by atoms with Gasteiger partial charge in [0, 0.05) is 12.1 Å². The minimum Gasteiger partial charge on any atom is -0.480 e. The summed E-state index contributed by atoms with van der Waals surface area (Å²) in [5.74, 6) is -1.59. The van der Waals surface area contributed by atoms with Gasteiger partial charge in [-0.15, -0.1) is 0 Å². The molecule has 10 heteroatoms. The molecule has 166 valence electrons. The first-order chi connectivity index (χ1) is 14.6. The Labute approximate surface area is 181 Å². The molecular formula is C21H26N4O5S. The van der Waals surface area contributed by atoms with E-state index < -0.39 is 22.0 Å². The fraction of sp³-hybridized carbons (Fsp3) is 0.286. The largest absolute Gasteiger partial charge is 0.480 e. The van der Waals surface area contributed by atoms with E-state index in [9.17, 15) is 23.1 Å². The highest BCUT2D eigenvalue weighted by Crippen LogP contribution is 2.12. The summed E-state index contributed by atoms with van der Waals surface area (Å²) in [6, 6.07) is 11.5. The molecule has 2 aromatic rings. The Bertz CT molecular complexity index is 1030. The SMILES string of the molecule is Cc1ccc(S(=O)(=O)N[C@@H](CCCNC(=O)Cc2ccc(C(=N)N)cc2)C(=O)O)cc1. The van der Waals surface area contributed by atoms with E-state index in [0.717, 1.165) is 11.1 Å². The van der Waals surface area contributed by atoms with Crippen LogP contribution in [0.3, 0.4) is 0 Å². The Morgan fingerprint density at radius 2 is 1.71 bits per heavy atom. The standard InChI is InChI=1S/C21H26N4O5S/c1-14-4-10-17(11-5-14)31(29,30)25-18(21(27)28)3-2-12-24-19(26)13-15-6-8-16(9-7-15)20(22)23/h4-11,18,25H,2-3,12-13H2,1H3,(H3,22,23)(H,24,26)(H,27,28)/t18-/m0/s1. The number of aryl methyl sites for hydroxylation is 1. The zero-order valence-corrected chi connectivity index (χ0v) is 17.9. The summed E-state index contributed by atoms with van der Waals surface area (Å²) in [4.78, 5) is 23.5. The minimum absolute atomic E-state index is 0.00607. The van der Waals surface area contributed by atoms with Crippen molar-refractivity contribution >= 4 is 27.7 Å². The molecule has 0 aliphatic rings. The van der Waals surface area contributed by atoms with Crippen LogP contribution in [-0.4, -0.2) is 43.8 Å². The number of hydrogen-bond donors (Lipinski definition) is 5. The van der Waals surface area contributed by atoms with Gasteiger partial charge in [-0.1, -0.05) is 42.0 Å². The van der Waals surface area contributed by atoms with E-state index in [-0.39, 0.29) is 42.4 Å². The number of carbonyl (C=O) groups is 2. The highest BCUT2D eigenvalue weighted by Gasteiger charge is 2.25. The van der Waals surface area contributed by atoms with Crippen molar-refractivity contribution in [3.63, 3.8) is 0 Å². The number of nitrogen functional groups attached to an aromatic ring is 1. The van der Waals surface area contributed by atoms with Gasteiger partial charge in [0.1, 0.15) is 11.9 Å². The van der Waals surface area contributed by atoms with Gasteiger partial charge < -0.3 is 16.2 Å². The van der Waals surface area contributed by atoms with Crippen molar-refractivity contribution in [1.29, 1.82) is 5.41 Å². The Morgan fingerprint density at radius 3 is 2.26 bits per heavy atom. The first kappa shape index (κ1) is 24.0. The van der Waals surface area contributed by atoms with Crippen molar-refractivity contribution in [2.45, 2.75) is 37.1 Å². The normalized spacial score (nSPS) is 12.2. The molecule has 2 aromatic carbocycles. The van der Waals surface area contributed by atoms with Crippen LogP contribution in [0.5, 0.6) is 0 Å². The Hall–Kier alpha value is -3.24. The molecule has 0 fully saturated rings. The average Bonchev–Trinajstić information content (AvgIpc) is 2.70. The lowest BCUT2D eigenvalue weighted by Gasteiger charge is -2.15. The van der Waals surface area contributed by atoms with Crippen LogP contribution in [0, 0.1) is 12.3 Å². The average molecular weight is 447 g/mol. The van der Waals surface area contributed by atoms with Crippen LogP contribution >= 0.6 is 0 Å². The molecule has 31 heavy (non-hydrogen) atoms. The second-order valence-corrected chi connectivity index (χ2v) is 8.82. The van der Waals surface area contributed by atoms with E-state index in [2.05, 4.69) is 10.0 Å². The number of carboxylic acid groups (broad SMARTS) is 1. The molecule has 0 aromatic heterocycles. The van der Waals surface area contributed by atoms with Gasteiger partial charge >= 0.3 is 5.97 Å². The van der Waals surface area contributed by atoms with Gasteiger partial charge in [-0.3, -0.25) is 15.0 Å². The molecule has 0 aliphatic heterocycles. The summed E-state index contributed by atoms with van der Waals surface area (Å²) in [5, 5.41) is 19.4. The molecule has 9 nitrogen and oxygen atoms in total. The van der Waals surface area contributed by atoms with Gasteiger partial charge in [0.25, 0.3) is 0 Å². The summed E-state index contributed by atoms with van der Waals surface area (Å²) >= 11 is 0. The molecule has 1 amide bonds. The van der Waals surface area contributed by atoms with Gasteiger partial charge in [-0.05, 0) is 37.5 Å². The number of nitrogens with two attached hydrogens (primary N) is 1. The molecule has 0 aliphatic carbocycles. The molecule has 0 heterocycles. The molecule has 2 rings (SSSR count). The van der Waals surface area contributed by atoms with Crippen molar-refractivity contribution in [3.8, 4) is 0 Å². The summed E-state index contributed by atoms with van der Waals surface area (Å²) < 4.78 is 27.0. The zero-order valence-electron chi connectivity index (χ0n) is 17.1. The summed E-state index contributed by atoms with van der Waals surface area (Å²) in [7, 11) is -3.97. The molecule has 6 N–H and O–H groups in total. The van der Waals surface area contributed by atoms with Gasteiger partial charge in [0.2, 0.25) is 15.9 Å². The maximum Gasteiger partial charge on any atom is 0.321 e. The van der Waals surface area contributed by atoms with Crippen molar-refractivity contribution in [1.82, 2.24) is 10.0 Å². The van der Waals surface area contributed by atoms with Crippen LogP contribution in [0.2, 0.25) is 0 Å². The second-order valence-electron chi connectivity index (χ2n) is 7.10. The van der Waals surface area contributed by atoms with E-state index in [0.29, 0.717) is 5.56 Å². The number of nitrogens with one attached hydrogen (secondary N) is 3. The highest BCUT2D eigenvalue weighted by molar-refractivity contribution is 7.89. The molecule has 1 atom stereocenters. The first-order valence-corrected chi connectivity index (χ1v) is 11.1. The number of amides is 1. The van der Waals surface area contributed by atoms with Crippen LogP contribution in [0.4, 0.5) is 0 Å². The fourth-order valence-electron chi connectivity index (χ4n) is 2.79. The quantitative estimate of drug-likeness (QED) is 0.197. The number of benzene rings is 2. The fourth-order valence-corrected chi connectivity index (χ4v) is 4.01. The maximum atomic E-state index is 12.4. The molecule has 0 unspecified atom stereocenters. The molecule has 0 saturated carbocycles. The lowest BCUT2D eigenvalue weighted by Crippen LogP contribution is -2.41. The topological polar surface area (TPSA) is 162 Å². The van der Waals surface area contributed by atoms with E-state index >= 15 is 0 Å². The lowest BCUT2D eigenvalue weighted by molar-refractivity contribution is -0.139. The lowest BCUT2D eigenvalue weighted by atomic mass is 10.1. The van der Waals surface area contributed by atoms with Crippen LogP contribution in [0.25, 0.3) is 0 Å². The van der Waals surface area contributed by atoms with E-state index in [4.69, 9.17) is 11.1 Å². The van der Waals surface area contributed by atoms with Gasteiger partial charge in [0.05, 0.1) is 11.3 Å². The number of aliphatic carboxylic acids is 1. The molecule has 0 saturated heterocycles. The molecule has 0 spiro atoms. The molecular weight excluding hydrogens is 420 g/mol. The van der Waals surface area contributed by atoms with Crippen molar-refractivity contribution < 1.29 is 23.1 Å². The van der Waals surface area contributed by atoms with Gasteiger partial charge in [-0.2, -0.15) is 4.72 Å². The highest BCUT2D eigenvalue weighted by atomic mass is 32.2. The van der Waals surface area contributed by atoms with Gasteiger partial charge in [-0.25, -0.2) is 8.42 Å². The minimum atomic E-state index is -3.97. The number of carbonyl (C=O) groups excluding carboxylic acids is 1. The summed E-state index contributed by atoms with van der Waals surface area (Å²) in [6.07, 6.45) is 0.428. The van der Waals surface area contributed by atoms with Crippen LogP contribution in [0.15, 0.2) is 53.4 Å². The van der Waals surface area contributed by atoms with Crippen molar-refractivity contribution in [2.24, 2.45) is 5.73 Å². The zero-order chi connectivity index (χ0) is 23.0. The number of rotatable bonds is 11. The third-order valence-electron chi connectivity index (χ3n) is 4.55. The van der Waals surface area contributed by atoms with Crippen LogP contribution < -0.4 is 15.8 Å². The first-order valence-electron chi connectivity index (χ1n) is 9.60. The van der Waals surface area contributed by atoms with Crippen molar-refractivity contribution in [2.75, 3.05) is 6.54 Å². The number of amidine groups is 1. The van der Waals surface area contributed by atoms with Crippen molar-refractivity contribution in [3.05, 3.63) is 65.2 Å². The Morgan fingerprint density at radius 1 is 1.10 bits per heavy atom. The summed E-state index contributed by atoms with van der Waals surface area (Å²) in [5.41, 5.74) is 7.59. The second kappa shape index (κ2) is 10.7. The van der Waals surface area contributed by atoms with Crippen LogP contribution in [0.1, 0.15) is 29.5 Å². The number of carboxylic acids is 1. The van der Waals surface area contributed by atoms with E-state index in [1.165, 1.54) is 12.1 Å². The monoisotopic (exact) mass is 446 g/mol. The summed E-state index contributed by atoms with van der Waals surface area (Å²) in [6.45, 7) is 2.03. The van der Waals surface area contributed by atoms with E-state index in [1.807, 2.05) is 6.92 Å². The molecule has 0 bridgehead atoms. The smallest absolute Gasteiger partial charge is 0.321 e. The predicted octanol–water partition coefficient (Wildman–Crippen LogP) is 1.15. The third-order valence-corrected chi connectivity index (χ3v) is 6.04.